The van der Waals surface area contributed by atoms with Gasteiger partial charge in [0.05, 0.1) is 6.04 Å². The number of hydrogen-bond acceptors (Lipinski definition) is 2. The molecule has 0 saturated carbocycles. The molecule has 0 saturated heterocycles. The molecule has 0 aliphatic carbocycles. The van der Waals surface area contributed by atoms with Crippen molar-refractivity contribution in [3.8, 4) is 5.75 Å². The molecule has 0 aromatic heterocycles. The smallest absolute Gasteiger partial charge is 0.261 e. The van der Waals surface area contributed by atoms with Crippen molar-refractivity contribution < 1.29 is 9.53 Å². The fraction of sp³-hybridized carbons (Fsp3) is 0.235. The highest BCUT2D eigenvalue weighted by molar-refractivity contribution is 6.35. The van der Waals surface area contributed by atoms with E-state index in [1.807, 2.05) is 6.92 Å². The molecule has 122 valence electrons. The van der Waals surface area contributed by atoms with Crippen LogP contribution in [-0.4, -0.2) is 12.0 Å². The third kappa shape index (κ3) is 5.03. The first-order valence-electron chi connectivity index (χ1n) is 7.04. The molecule has 0 bridgehead atoms. The molecule has 2 aromatic rings. The highest BCUT2D eigenvalue weighted by Crippen LogP contribution is 2.26. The number of nitrogens with one attached hydrogen (secondary N) is 1. The summed E-state index contributed by atoms with van der Waals surface area (Å²) in [6.07, 6.45) is -0.665. The molecule has 2 rings (SSSR count). The first kappa shape index (κ1) is 17.9. The number of carbonyl (C=O) groups excluding carboxylic acids is 1. The van der Waals surface area contributed by atoms with E-state index in [-0.39, 0.29) is 11.9 Å². The molecule has 2 atom stereocenters. The van der Waals surface area contributed by atoms with Crippen LogP contribution in [0, 0.1) is 0 Å². The van der Waals surface area contributed by atoms with Crippen molar-refractivity contribution in [3.05, 3.63) is 63.1 Å². The molecule has 0 heterocycles. The van der Waals surface area contributed by atoms with Gasteiger partial charge in [-0.05, 0) is 49.7 Å². The van der Waals surface area contributed by atoms with Crippen LogP contribution in [0.4, 0.5) is 0 Å². The molecule has 1 amide bonds. The second-order valence-corrected chi connectivity index (χ2v) is 6.39. The molecular weight excluding hydrogens is 357 g/mol. The summed E-state index contributed by atoms with van der Waals surface area (Å²) in [4.78, 5) is 12.3. The zero-order chi connectivity index (χ0) is 17.0. The van der Waals surface area contributed by atoms with Gasteiger partial charge >= 0.3 is 0 Å². The Hall–Kier alpha value is -1.42. The molecule has 3 nitrogen and oxygen atoms in total. The zero-order valence-corrected chi connectivity index (χ0v) is 14.9. The van der Waals surface area contributed by atoms with Crippen LogP contribution in [-0.2, 0) is 4.79 Å². The van der Waals surface area contributed by atoms with Crippen LogP contribution < -0.4 is 10.1 Å². The lowest BCUT2D eigenvalue weighted by Crippen LogP contribution is -2.37. The first-order chi connectivity index (χ1) is 10.9. The maximum absolute atomic E-state index is 12.3. The van der Waals surface area contributed by atoms with Crippen molar-refractivity contribution >= 4 is 40.7 Å². The van der Waals surface area contributed by atoms with Crippen LogP contribution in [0.5, 0.6) is 5.75 Å². The topological polar surface area (TPSA) is 38.3 Å². The molecule has 0 spiro atoms. The number of rotatable bonds is 5. The van der Waals surface area contributed by atoms with Gasteiger partial charge in [0, 0.05) is 15.1 Å². The molecule has 0 radical (unpaired) electrons. The number of hydrogen-bond donors (Lipinski definition) is 1. The Morgan fingerprint density at radius 2 is 1.74 bits per heavy atom. The normalized spacial score (nSPS) is 13.3. The highest BCUT2D eigenvalue weighted by atomic mass is 35.5. The van der Waals surface area contributed by atoms with Crippen molar-refractivity contribution in [3.63, 3.8) is 0 Å². The third-order valence-corrected chi connectivity index (χ3v) is 4.06. The Balaban J connectivity index is 2.00. The average Bonchev–Trinajstić information content (AvgIpc) is 2.46. The fourth-order valence-corrected chi connectivity index (χ4v) is 2.81. The van der Waals surface area contributed by atoms with E-state index >= 15 is 0 Å². The molecule has 1 N–H and O–H groups in total. The van der Waals surface area contributed by atoms with Crippen LogP contribution in [0.2, 0.25) is 15.1 Å². The van der Waals surface area contributed by atoms with Crippen molar-refractivity contribution in [1.82, 2.24) is 5.32 Å². The molecule has 0 fully saturated rings. The third-order valence-electron chi connectivity index (χ3n) is 3.27. The Morgan fingerprint density at radius 3 is 2.39 bits per heavy atom. The van der Waals surface area contributed by atoms with Crippen molar-refractivity contribution in [2.24, 2.45) is 0 Å². The Bertz CT molecular complexity index is 706. The second kappa shape index (κ2) is 7.91. The zero-order valence-electron chi connectivity index (χ0n) is 12.6. The molecule has 2 aromatic carbocycles. The standard InChI is InChI=1S/C17H16Cl3NO2/c1-10(15-7-6-13(19)9-16(15)20)21-17(22)11(2)23-14-5-3-4-12(18)8-14/h3-11H,1-2H3,(H,21,22)/t10-,11-/m0/s1. The van der Waals surface area contributed by atoms with Gasteiger partial charge in [-0.2, -0.15) is 0 Å². The van der Waals surface area contributed by atoms with E-state index in [1.54, 1.807) is 49.4 Å². The van der Waals surface area contributed by atoms with E-state index in [2.05, 4.69) is 5.32 Å². The van der Waals surface area contributed by atoms with Crippen LogP contribution in [0.3, 0.4) is 0 Å². The van der Waals surface area contributed by atoms with E-state index in [0.29, 0.717) is 20.8 Å². The van der Waals surface area contributed by atoms with Crippen LogP contribution in [0.15, 0.2) is 42.5 Å². The predicted octanol–water partition coefficient (Wildman–Crippen LogP) is 5.29. The number of amides is 1. The molecular formula is C17H16Cl3NO2. The van der Waals surface area contributed by atoms with Gasteiger partial charge < -0.3 is 10.1 Å². The van der Waals surface area contributed by atoms with E-state index < -0.39 is 6.10 Å². The Morgan fingerprint density at radius 1 is 1.04 bits per heavy atom. The predicted molar refractivity (Wildman–Crippen MR) is 94.6 cm³/mol. The van der Waals surface area contributed by atoms with Gasteiger partial charge in [-0.15, -0.1) is 0 Å². The van der Waals surface area contributed by atoms with E-state index in [9.17, 15) is 4.79 Å². The lowest BCUT2D eigenvalue weighted by molar-refractivity contribution is -0.127. The summed E-state index contributed by atoms with van der Waals surface area (Å²) in [5, 5.41) is 4.48. The summed E-state index contributed by atoms with van der Waals surface area (Å²) >= 11 is 17.9. The highest BCUT2D eigenvalue weighted by Gasteiger charge is 2.19. The van der Waals surface area contributed by atoms with Crippen LogP contribution in [0.1, 0.15) is 25.5 Å². The van der Waals surface area contributed by atoms with Gasteiger partial charge in [0.2, 0.25) is 0 Å². The molecule has 0 aliphatic heterocycles. The van der Waals surface area contributed by atoms with Gasteiger partial charge in [0.15, 0.2) is 6.10 Å². The van der Waals surface area contributed by atoms with E-state index in [0.717, 1.165) is 5.56 Å². The first-order valence-corrected chi connectivity index (χ1v) is 8.17. The Labute approximate surface area is 150 Å². The number of carbonyl (C=O) groups is 1. The van der Waals surface area contributed by atoms with Crippen LogP contribution >= 0.6 is 34.8 Å². The van der Waals surface area contributed by atoms with Crippen molar-refractivity contribution in [2.45, 2.75) is 26.0 Å². The molecule has 6 heteroatoms. The minimum Gasteiger partial charge on any atom is -0.481 e. The number of ether oxygens (including phenoxy) is 1. The minimum absolute atomic E-state index is 0.247. The maximum atomic E-state index is 12.3. The summed E-state index contributed by atoms with van der Waals surface area (Å²) < 4.78 is 5.59. The Kier molecular flexibility index (Phi) is 6.17. The average molecular weight is 373 g/mol. The summed E-state index contributed by atoms with van der Waals surface area (Å²) in [6.45, 7) is 3.52. The largest absolute Gasteiger partial charge is 0.481 e. The number of benzene rings is 2. The van der Waals surface area contributed by atoms with Crippen molar-refractivity contribution in [2.75, 3.05) is 0 Å². The van der Waals surface area contributed by atoms with E-state index in [1.165, 1.54) is 0 Å². The summed E-state index contributed by atoms with van der Waals surface area (Å²) in [7, 11) is 0. The second-order valence-electron chi connectivity index (χ2n) is 5.11. The van der Waals surface area contributed by atoms with Crippen LogP contribution in [0.25, 0.3) is 0 Å². The fourth-order valence-electron chi connectivity index (χ4n) is 2.06. The molecule has 0 aliphatic rings. The monoisotopic (exact) mass is 371 g/mol. The van der Waals surface area contributed by atoms with Gasteiger partial charge in [0.1, 0.15) is 5.75 Å². The van der Waals surface area contributed by atoms with Gasteiger partial charge in [-0.3, -0.25) is 4.79 Å². The molecule has 0 unspecified atom stereocenters. The van der Waals surface area contributed by atoms with Crippen molar-refractivity contribution in [1.29, 1.82) is 0 Å². The number of halogens is 3. The summed E-state index contributed by atoms with van der Waals surface area (Å²) in [5.74, 6) is 0.292. The summed E-state index contributed by atoms with van der Waals surface area (Å²) in [5.41, 5.74) is 0.791. The SMILES string of the molecule is C[C@H](Oc1cccc(Cl)c1)C(=O)N[C@@H](C)c1ccc(Cl)cc1Cl. The minimum atomic E-state index is -0.665. The lowest BCUT2D eigenvalue weighted by Gasteiger charge is -2.20. The van der Waals surface area contributed by atoms with Gasteiger partial charge in [-0.25, -0.2) is 0 Å². The van der Waals surface area contributed by atoms with Gasteiger partial charge in [0.25, 0.3) is 5.91 Å². The summed E-state index contributed by atoms with van der Waals surface area (Å²) in [6, 6.07) is 11.8. The van der Waals surface area contributed by atoms with E-state index in [4.69, 9.17) is 39.5 Å². The van der Waals surface area contributed by atoms with Gasteiger partial charge in [-0.1, -0.05) is 46.9 Å². The maximum Gasteiger partial charge on any atom is 0.261 e. The quantitative estimate of drug-likeness (QED) is 0.774. The molecule has 23 heavy (non-hydrogen) atoms. The lowest BCUT2D eigenvalue weighted by atomic mass is 10.1.